The molecule has 3 N–H and O–H groups in total. The molecule has 8 heteroatoms. The molecule has 0 saturated heterocycles. The van der Waals surface area contributed by atoms with Crippen molar-refractivity contribution in [3.63, 3.8) is 0 Å². The van der Waals surface area contributed by atoms with E-state index in [1.807, 2.05) is 0 Å². The van der Waals surface area contributed by atoms with Crippen LogP contribution in [0, 0.1) is 0 Å². The van der Waals surface area contributed by atoms with Crippen molar-refractivity contribution in [1.29, 1.82) is 0 Å². The van der Waals surface area contributed by atoms with Crippen LogP contribution in [0.25, 0.3) is 0 Å². The maximum atomic E-state index is 11.9. The molecule has 0 fully saturated rings. The first kappa shape index (κ1) is 15.5. The number of nitrogens with one attached hydrogen (secondary N) is 1. The minimum absolute atomic E-state index is 0.129. The fraction of sp³-hybridized carbons (Fsp3) is 0.182. The van der Waals surface area contributed by atoms with Crippen LogP contribution in [-0.4, -0.2) is 34.1 Å². The smallest absolute Gasteiger partial charge is 0.326 e. The average Bonchev–Trinajstić information content (AvgIpc) is 2.30. The Morgan fingerprint density at radius 1 is 1.32 bits per heavy atom. The van der Waals surface area contributed by atoms with Crippen molar-refractivity contribution >= 4 is 45.4 Å². The van der Waals surface area contributed by atoms with Gasteiger partial charge in [-0.15, -0.1) is 0 Å². The van der Waals surface area contributed by atoms with Crippen LogP contribution in [-0.2, 0) is 9.59 Å². The first-order chi connectivity index (χ1) is 8.81. The number of carboxylic acid groups (broad SMARTS) is 2. The van der Waals surface area contributed by atoms with Gasteiger partial charge in [0.1, 0.15) is 6.04 Å². The molecule has 0 unspecified atom stereocenters. The average molecular weight is 351 g/mol. The molecule has 0 radical (unpaired) electrons. The predicted molar refractivity (Wildman–Crippen MR) is 70.3 cm³/mol. The highest BCUT2D eigenvalue weighted by Gasteiger charge is 2.24. The molecule has 102 valence electrons. The first-order valence-corrected chi connectivity index (χ1v) is 6.19. The first-order valence-electron chi connectivity index (χ1n) is 5.01. The van der Waals surface area contributed by atoms with E-state index in [9.17, 15) is 14.4 Å². The maximum Gasteiger partial charge on any atom is 0.326 e. The molecule has 6 nitrogen and oxygen atoms in total. The summed E-state index contributed by atoms with van der Waals surface area (Å²) in [6.07, 6.45) is -0.709. The number of benzene rings is 1. The second-order valence-corrected chi connectivity index (χ2v) is 4.88. The van der Waals surface area contributed by atoms with Crippen molar-refractivity contribution < 1.29 is 24.6 Å². The fourth-order valence-electron chi connectivity index (χ4n) is 1.28. The molecule has 1 amide bonds. The van der Waals surface area contributed by atoms with Crippen molar-refractivity contribution in [1.82, 2.24) is 5.32 Å². The second kappa shape index (κ2) is 6.53. The summed E-state index contributed by atoms with van der Waals surface area (Å²) in [5.41, 5.74) is 0.129. The predicted octanol–water partition coefficient (Wildman–Crippen LogP) is 1.76. The van der Waals surface area contributed by atoms with E-state index in [-0.39, 0.29) is 5.56 Å². The van der Waals surface area contributed by atoms with Crippen LogP contribution in [0.3, 0.4) is 0 Å². The van der Waals surface area contributed by atoms with Gasteiger partial charge in [-0.3, -0.25) is 9.59 Å². The lowest BCUT2D eigenvalue weighted by molar-refractivity contribution is -0.145. The second-order valence-electron chi connectivity index (χ2n) is 3.59. The molecule has 1 rings (SSSR count). The van der Waals surface area contributed by atoms with Crippen molar-refractivity contribution in [2.24, 2.45) is 0 Å². The van der Waals surface area contributed by atoms with Gasteiger partial charge in [0, 0.05) is 9.50 Å². The molecule has 1 aromatic carbocycles. The minimum Gasteiger partial charge on any atom is -0.481 e. The van der Waals surface area contributed by atoms with Crippen LogP contribution in [0.1, 0.15) is 16.8 Å². The van der Waals surface area contributed by atoms with Crippen LogP contribution in [0.15, 0.2) is 22.7 Å². The summed E-state index contributed by atoms with van der Waals surface area (Å²) in [7, 11) is 0. The van der Waals surface area contributed by atoms with Gasteiger partial charge in [0.2, 0.25) is 0 Å². The Labute approximate surface area is 121 Å². The Hall–Kier alpha value is -1.60. The highest BCUT2D eigenvalue weighted by Crippen LogP contribution is 2.21. The number of hydrogen-bond donors (Lipinski definition) is 3. The van der Waals surface area contributed by atoms with E-state index in [1.165, 1.54) is 12.1 Å². The van der Waals surface area contributed by atoms with Crippen molar-refractivity contribution in [2.75, 3.05) is 0 Å². The molecule has 1 aromatic rings. The molecule has 0 aliphatic rings. The van der Waals surface area contributed by atoms with E-state index in [2.05, 4.69) is 21.2 Å². The fourth-order valence-corrected chi connectivity index (χ4v) is 1.88. The third-order valence-corrected chi connectivity index (χ3v) is 3.08. The summed E-state index contributed by atoms with van der Waals surface area (Å²) in [5, 5.41) is 19.8. The van der Waals surface area contributed by atoms with Crippen molar-refractivity contribution in [3.8, 4) is 0 Å². The van der Waals surface area contributed by atoms with Gasteiger partial charge in [-0.1, -0.05) is 11.6 Å². The van der Waals surface area contributed by atoms with E-state index >= 15 is 0 Å². The largest absolute Gasteiger partial charge is 0.481 e. The van der Waals surface area contributed by atoms with Crippen LogP contribution < -0.4 is 5.32 Å². The highest BCUT2D eigenvalue weighted by molar-refractivity contribution is 9.10. The number of aliphatic carboxylic acids is 2. The lowest BCUT2D eigenvalue weighted by Gasteiger charge is -2.13. The van der Waals surface area contributed by atoms with Crippen LogP contribution >= 0.6 is 27.5 Å². The van der Waals surface area contributed by atoms with E-state index in [4.69, 9.17) is 21.8 Å². The molecule has 0 heterocycles. The van der Waals surface area contributed by atoms with Gasteiger partial charge in [0.05, 0.1) is 12.0 Å². The van der Waals surface area contributed by atoms with Gasteiger partial charge in [0.15, 0.2) is 0 Å². The molecular weight excluding hydrogens is 341 g/mol. The number of carbonyl (C=O) groups is 3. The Morgan fingerprint density at radius 3 is 2.47 bits per heavy atom. The summed E-state index contributed by atoms with van der Waals surface area (Å²) >= 11 is 8.86. The molecule has 19 heavy (non-hydrogen) atoms. The normalized spacial score (nSPS) is 11.7. The molecule has 0 bridgehead atoms. The number of amides is 1. The summed E-state index contributed by atoms with van der Waals surface area (Å²) in [6.45, 7) is 0. The lowest BCUT2D eigenvalue weighted by atomic mass is 10.1. The van der Waals surface area contributed by atoms with Crippen molar-refractivity contribution in [3.05, 3.63) is 33.3 Å². The van der Waals surface area contributed by atoms with Gasteiger partial charge in [0.25, 0.3) is 5.91 Å². The Balaban J connectivity index is 2.90. The topological polar surface area (TPSA) is 104 Å². The SMILES string of the molecule is O=C(O)C[C@@H](NC(=O)c1cc(Cl)ccc1Br)C(=O)O. The number of rotatable bonds is 5. The number of carboxylic acids is 2. The molecule has 0 aliphatic heterocycles. The van der Waals surface area contributed by atoms with E-state index in [0.29, 0.717) is 9.50 Å². The van der Waals surface area contributed by atoms with Gasteiger partial charge in [-0.2, -0.15) is 0 Å². The standard InChI is InChI=1S/C11H9BrClNO5/c12-7-2-1-5(13)3-6(7)10(17)14-8(11(18)19)4-9(15)16/h1-3,8H,4H2,(H,14,17)(H,15,16)(H,18,19)/t8-/m1/s1. The number of carbonyl (C=O) groups excluding carboxylic acids is 1. The zero-order valence-corrected chi connectivity index (χ0v) is 11.7. The van der Waals surface area contributed by atoms with Crippen LogP contribution in [0.5, 0.6) is 0 Å². The zero-order chi connectivity index (χ0) is 14.6. The Bertz CT molecular complexity index is 534. The highest BCUT2D eigenvalue weighted by atomic mass is 79.9. The Morgan fingerprint density at radius 2 is 1.95 bits per heavy atom. The van der Waals surface area contributed by atoms with Gasteiger partial charge < -0.3 is 15.5 Å². The number of hydrogen-bond acceptors (Lipinski definition) is 3. The minimum atomic E-state index is -1.50. The third kappa shape index (κ3) is 4.53. The summed E-state index contributed by atoms with van der Waals surface area (Å²) < 4.78 is 0.425. The summed E-state index contributed by atoms with van der Waals surface area (Å²) in [4.78, 5) is 33.2. The quantitative estimate of drug-likeness (QED) is 0.751. The van der Waals surface area contributed by atoms with Gasteiger partial charge >= 0.3 is 11.9 Å². The van der Waals surface area contributed by atoms with E-state index in [1.54, 1.807) is 6.07 Å². The molecule has 0 saturated carbocycles. The molecule has 1 atom stereocenters. The van der Waals surface area contributed by atoms with E-state index in [0.717, 1.165) is 0 Å². The lowest BCUT2D eigenvalue weighted by Crippen LogP contribution is -2.42. The molecular formula is C11H9BrClNO5. The molecule has 0 spiro atoms. The van der Waals surface area contributed by atoms with Gasteiger partial charge in [-0.25, -0.2) is 4.79 Å². The molecule has 0 aromatic heterocycles. The van der Waals surface area contributed by atoms with Crippen LogP contribution in [0.4, 0.5) is 0 Å². The van der Waals surface area contributed by atoms with Gasteiger partial charge in [-0.05, 0) is 34.1 Å². The summed E-state index contributed by atoms with van der Waals surface area (Å²) in [6, 6.07) is 2.93. The van der Waals surface area contributed by atoms with Crippen LogP contribution in [0.2, 0.25) is 5.02 Å². The zero-order valence-electron chi connectivity index (χ0n) is 9.39. The monoisotopic (exact) mass is 349 g/mol. The van der Waals surface area contributed by atoms with E-state index < -0.39 is 30.3 Å². The Kier molecular flexibility index (Phi) is 5.31. The van der Waals surface area contributed by atoms with Crippen molar-refractivity contribution in [2.45, 2.75) is 12.5 Å². The number of halogens is 2. The molecule has 0 aliphatic carbocycles. The third-order valence-electron chi connectivity index (χ3n) is 2.16. The maximum absolute atomic E-state index is 11.9. The summed E-state index contributed by atoms with van der Waals surface area (Å²) in [5.74, 6) is -3.46.